The van der Waals surface area contributed by atoms with Gasteiger partial charge in [-0.25, -0.2) is 4.79 Å². The monoisotopic (exact) mass is 291 g/mol. The van der Waals surface area contributed by atoms with Gasteiger partial charge in [-0.15, -0.1) is 0 Å². The first-order valence-electron chi connectivity index (χ1n) is 7.04. The van der Waals surface area contributed by atoms with E-state index in [1.807, 2.05) is 18.2 Å². The van der Waals surface area contributed by atoms with Crippen LogP contribution in [0.15, 0.2) is 18.2 Å². The molecular weight excluding hydrogens is 274 g/mol. The van der Waals surface area contributed by atoms with E-state index in [0.29, 0.717) is 31.3 Å². The number of carbonyl (C=O) groups is 2. The summed E-state index contributed by atoms with van der Waals surface area (Å²) in [5.41, 5.74) is 0.871. The zero-order valence-electron chi connectivity index (χ0n) is 11.8. The van der Waals surface area contributed by atoms with Crippen LogP contribution in [0.3, 0.4) is 0 Å². The fourth-order valence-electron chi connectivity index (χ4n) is 2.71. The third kappa shape index (κ3) is 2.66. The molecule has 1 saturated heterocycles. The molecule has 3 rings (SSSR count). The summed E-state index contributed by atoms with van der Waals surface area (Å²) in [5.74, 6) is 0.555. The lowest BCUT2D eigenvalue weighted by molar-refractivity contribution is -0.146. The Hall–Kier alpha value is -2.24. The van der Waals surface area contributed by atoms with E-state index in [-0.39, 0.29) is 18.2 Å². The van der Waals surface area contributed by atoms with Crippen molar-refractivity contribution in [3.8, 4) is 11.5 Å². The van der Waals surface area contributed by atoms with E-state index in [0.717, 1.165) is 5.56 Å². The van der Waals surface area contributed by atoms with Gasteiger partial charge in [0.1, 0.15) is 19.3 Å². The van der Waals surface area contributed by atoms with E-state index >= 15 is 0 Å². The number of hydrogen-bond acceptors (Lipinski definition) is 5. The van der Waals surface area contributed by atoms with Gasteiger partial charge in [-0.05, 0) is 24.6 Å². The summed E-state index contributed by atoms with van der Waals surface area (Å²) >= 11 is 0. The van der Waals surface area contributed by atoms with Crippen LogP contribution in [0.1, 0.15) is 24.8 Å². The standard InChI is InChI=1S/C15H17NO5/c1-2-19-15(18)14-10(8-13(17)16-14)9-3-4-11-12(7-9)21-6-5-20-11/h3-4,7,10,14H,2,5-6,8H2,1H3,(H,16,17). The molecule has 0 aromatic heterocycles. The fraction of sp³-hybridized carbons (Fsp3) is 0.467. The van der Waals surface area contributed by atoms with E-state index in [9.17, 15) is 9.59 Å². The lowest BCUT2D eigenvalue weighted by atomic mass is 9.91. The van der Waals surface area contributed by atoms with Crippen molar-refractivity contribution in [2.75, 3.05) is 19.8 Å². The smallest absolute Gasteiger partial charge is 0.329 e. The maximum absolute atomic E-state index is 12.0. The second kappa shape index (κ2) is 5.63. The topological polar surface area (TPSA) is 73.9 Å². The van der Waals surface area contributed by atoms with Gasteiger partial charge in [-0.1, -0.05) is 6.07 Å². The van der Waals surface area contributed by atoms with Gasteiger partial charge >= 0.3 is 5.97 Å². The maximum atomic E-state index is 12.0. The molecule has 0 spiro atoms. The molecule has 6 nitrogen and oxygen atoms in total. The van der Waals surface area contributed by atoms with Crippen LogP contribution in [0.2, 0.25) is 0 Å². The summed E-state index contributed by atoms with van der Waals surface area (Å²) in [7, 11) is 0. The molecule has 2 unspecified atom stereocenters. The maximum Gasteiger partial charge on any atom is 0.329 e. The molecule has 2 heterocycles. The Kier molecular flexibility index (Phi) is 3.68. The first-order valence-corrected chi connectivity index (χ1v) is 7.04. The highest BCUT2D eigenvalue weighted by Crippen LogP contribution is 2.36. The minimum atomic E-state index is -0.639. The molecule has 1 amide bonds. The molecule has 112 valence electrons. The number of esters is 1. The Balaban J connectivity index is 1.87. The Morgan fingerprint density at radius 3 is 2.86 bits per heavy atom. The Labute approximate surface area is 122 Å². The zero-order valence-corrected chi connectivity index (χ0v) is 11.8. The average molecular weight is 291 g/mol. The van der Waals surface area contributed by atoms with Gasteiger partial charge in [-0.3, -0.25) is 4.79 Å². The summed E-state index contributed by atoms with van der Waals surface area (Å²) in [6, 6.07) is 4.88. The normalized spacial score (nSPS) is 23.6. The minimum Gasteiger partial charge on any atom is -0.486 e. The number of rotatable bonds is 3. The number of fused-ring (bicyclic) bond motifs is 1. The molecule has 21 heavy (non-hydrogen) atoms. The average Bonchev–Trinajstić information content (AvgIpc) is 2.89. The Morgan fingerprint density at radius 1 is 1.33 bits per heavy atom. The number of carbonyl (C=O) groups excluding carboxylic acids is 2. The van der Waals surface area contributed by atoms with Crippen LogP contribution in [0.25, 0.3) is 0 Å². The highest BCUT2D eigenvalue weighted by molar-refractivity contribution is 5.90. The van der Waals surface area contributed by atoms with Gasteiger partial charge < -0.3 is 19.5 Å². The Bertz CT molecular complexity index is 571. The molecule has 0 bridgehead atoms. The third-order valence-electron chi connectivity index (χ3n) is 3.66. The van der Waals surface area contributed by atoms with E-state index < -0.39 is 12.0 Å². The molecule has 1 aromatic carbocycles. The van der Waals surface area contributed by atoms with Crippen LogP contribution in [-0.4, -0.2) is 37.7 Å². The number of hydrogen-bond donors (Lipinski definition) is 1. The van der Waals surface area contributed by atoms with Crippen LogP contribution in [0, 0.1) is 0 Å². The second-order valence-corrected chi connectivity index (χ2v) is 5.01. The predicted molar refractivity (Wildman–Crippen MR) is 73.4 cm³/mol. The van der Waals surface area contributed by atoms with Gasteiger partial charge in [0.05, 0.1) is 6.61 Å². The minimum absolute atomic E-state index is 0.145. The predicted octanol–water partition coefficient (Wildman–Crippen LogP) is 0.993. The summed E-state index contributed by atoms with van der Waals surface area (Å²) in [6.45, 7) is 3.06. The molecular formula is C15H17NO5. The quantitative estimate of drug-likeness (QED) is 0.841. The van der Waals surface area contributed by atoms with E-state index in [2.05, 4.69) is 5.32 Å². The number of amides is 1. The molecule has 0 saturated carbocycles. The van der Waals surface area contributed by atoms with Crippen molar-refractivity contribution < 1.29 is 23.8 Å². The molecule has 1 N–H and O–H groups in total. The Morgan fingerprint density at radius 2 is 2.10 bits per heavy atom. The van der Waals surface area contributed by atoms with Crippen LogP contribution in [-0.2, 0) is 14.3 Å². The SMILES string of the molecule is CCOC(=O)C1NC(=O)CC1c1ccc2c(c1)OCCO2. The zero-order chi connectivity index (χ0) is 14.8. The van der Waals surface area contributed by atoms with E-state index in [1.54, 1.807) is 6.92 Å². The van der Waals surface area contributed by atoms with Crippen molar-refractivity contribution in [3.05, 3.63) is 23.8 Å². The molecule has 1 aromatic rings. The second-order valence-electron chi connectivity index (χ2n) is 5.01. The van der Waals surface area contributed by atoms with Crippen molar-refractivity contribution in [3.63, 3.8) is 0 Å². The van der Waals surface area contributed by atoms with Gasteiger partial charge in [0.15, 0.2) is 11.5 Å². The third-order valence-corrected chi connectivity index (χ3v) is 3.66. The van der Waals surface area contributed by atoms with E-state index in [1.165, 1.54) is 0 Å². The largest absolute Gasteiger partial charge is 0.486 e. The molecule has 0 radical (unpaired) electrons. The highest BCUT2D eigenvalue weighted by atomic mass is 16.6. The van der Waals surface area contributed by atoms with E-state index in [4.69, 9.17) is 14.2 Å². The lowest BCUT2D eigenvalue weighted by Crippen LogP contribution is -2.37. The van der Waals surface area contributed by atoms with Crippen molar-refractivity contribution >= 4 is 11.9 Å². The summed E-state index contributed by atoms with van der Waals surface area (Å²) in [4.78, 5) is 23.6. The lowest BCUT2D eigenvalue weighted by Gasteiger charge is -2.22. The van der Waals surface area contributed by atoms with Crippen LogP contribution < -0.4 is 14.8 Å². The summed E-state index contributed by atoms with van der Waals surface area (Å²) < 4.78 is 16.1. The van der Waals surface area contributed by atoms with Crippen molar-refractivity contribution in [2.45, 2.75) is 25.3 Å². The molecule has 2 aliphatic heterocycles. The van der Waals surface area contributed by atoms with Gasteiger partial charge in [0, 0.05) is 12.3 Å². The molecule has 2 atom stereocenters. The van der Waals surface area contributed by atoms with Gasteiger partial charge in [-0.2, -0.15) is 0 Å². The van der Waals surface area contributed by atoms with Crippen molar-refractivity contribution in [1.82, 2.24) is 5.32 Å². The van der Waals surface area contributed by atoms with Crippen molar-refractivity contribution in [2.24, 2.45) is 0 Å². The van der Waals surface area contributed by atoms with Crippen LogP contribution in [0.5, 0.6) is 11.5 Å². The number of ether oxygens (including phenoxy) is 3. The number of nitrogens with one attached hydrogen (secondary N) is 1. The molecule has 6 heteroatoms. The summed E-state index contributed by atoms with van der Waals surface area (Å²) in [6.07, 6.45) is 0.267. The van der Waals surface area contributed by atoms with Gasteiger partial charge in [0.2, 0.25) is 5.91 Å². The first-order chi connectivity index (χ1) is 10.2. The highest BCUT2D eigenvalue weighted by Gasteiger charge is 2.39. The molecule has 2 aliphatic rings. The van der Waals surface area contributed by atoms with Gasteiger partial charge in [0.25, 0.3) is 0 Å². The van der Waals surface area contributed by atoms with Crippen LogP contribution >= 0.6 is 0 Å². The molecule has 0 aliphatic carbocycles. The number of benzene rings is 1. The first kappa shape index (κ1) is 13.7. The van der Waals surface area contributed by atoms with Crippen molar-refractivity contribution in [1.29, 1.82) is 0 Å². The fourth-order valence-corrected chi connectivity index (χ4v) is 2.71. The van der Waals surface area contributed by atoms with Crippen LogP contribution in [0.4, 0.5) is 0 Å². The summed E-state index contributed by atoms with van der Waals surface area (Å²) in [5, 5.41) is 2.68. The molecule has 1 fully saturated rings.